The van der Waals surface area contributed by atoms with Crippen LogP contribution >= 0.6 is 0 Å². The second-order valence-corrected chi connectivity index (χ2v) is 2.65. The van der Waals surface area contributed by atoms with E-state index < -0.39 is 5.76 Å². The lowest BCUT2D eigenvalue weighted by atomic mass is 10.2. The van der Waals surface area contributed by atoms with E-state index >= 15 is 0 Å². The smallest absolute Gasteiger partial charge is 0.434 e. The number of hydrogen-bond acceptors (Lipinski definition) is 4. The van der Waals surface area contributed by atoms with Crippen molar-refractivity contribution in [3.05, 3.63) is 34.8 Å². The molecule has 72 valence electrons. The van der Waals surface area contributed by atoms with Crippen molar-refractivity contribution in [2.75, 3.05) is 7.11 Å². The van der Waals surface area contributed by atoms with Gasteiger partial charge in [0.25, 0.3) is 0 Å². The molecule has 0 aliphatic carbocycles. The van der Waals surface area contributed by atoms with E-state index in [2.05, 4.69) is 10.2 Å². The third-order valence-corrected chi connectivity index (χ3v) is 1.75. The van der Waals surface area contributed by atoms with E-state index in [4.69, 9.17) is 9.15 Å². The van der Waals surface area contributed by atoms with Crippen LogP contribution in [0.15, 0.2) is 33.5 Å². The molecular weight excluding hydrogens is 184 g/mol. The van der Waals surface area contributed by atoms with Crippen LogP contribution in [-0.2, 0) is 0 Å². The van der Waals surface area contributed by atoms with Crippen LogP contribution < -0.4 is 10.5 Å². The van der Waals surface area contributed by atoms with Gasteiger partial charge in [0.15, 0.2) is 0 Å². The molecule has 0 radical (unpaired) electrons. The lowest BCUT2D eigenvalue weighted by Gasteiger charge is -1.99. The summed E-state index contributed by atoms with van der Waals surface area (Å²) in [5.41, 5.74) is 0.697. The number of hydrogen-bond donors (Lipinski definition) is 1. The summed E-state index contributed by atoms with van der Waals surface area (Å²) in [5.74, 6) is 0.380. The van der Waals surface area contributed by atoms with Gasteiger partial charge in [0.05, 0.1) is 7.11 Å². The molecule has 14 heavy (non-hydrogen) atoms. The van der Waals surface area contributed by atoms with Gasteiger partial charge in [-0.1, -0.05) is 6.07 Å². The number of ether oxygens (including phenoxy) is 1. The summed E-state index contributed by atoms with van der Waals surface area (Å²) >= 11 is 0. The van der Waals surface area contributed by atoms with Crippen LogP contribution in [-0.4, -0.2) is 17.3 Å². The van der Waals surface area contributed by atoms with Crippen LogP contribution in [0.4, 0.5) is 0 Å². The van der Waals surface area contributed by atoms with Gasteiger partial charge < -0.3 is 9.15 Å². The monoisotopic (exact) mass is 192 g/mol. The summed E-state index contributed by atoms with van der Waals surface area (Å²) < 4.78 is 9.82. The number of nitrogens with zero attached hydrogens (tertiary/aromatic N) is 1. The molecule has 0 saturated carbocycles. The van der Waals surface area contributed by atoms with Gasteiger partial charge in [0, 0.05) is 5.56 Å². The number of benzene rings is 1. The minimum Gasteiger partial charge on any atom is -0.497 e. The number of aromatic amines is 1. The van der Waals surface area contributed by atoms with Crippen LogP contribution in [0.2, 0.25) is 0 Å². The van der Waals surface area contributed by atoms with Crippen molar-refractivity contribution in [1.82, 2.24) is 10.2 Å². The zero-order valence-electron chi connectivity index (χ0n) is 7.48. The third-order valence-electron chi connectivity index (χ3n) is 1.75. The molecule has 5 nitrogen and oxygen atoms in total. The van der Waals surface area contributed by atoms with E-state index in [0.29, 0.717) is 11.3 Å². The van der Waals surface area contributed by atoms with Crippen LogP contribution in [0.3, 0.4) is 0 Å². The lowest BCUT2D eigenvalue weighted by molar-refractivity contribution is 0.414. The quantitative estimate of drug-likeness (QED) is 0.771. The van der Waals surface area contributed by atoms with Gasteiger partial charge in [0.2, 0.25) is 5.89 Å². The largest absolute Gasteiger partial charge is 0.497 e. The van der Waals surface area contributed by atoms with Gasteiger partial charge in [-0.2, -0.15) is 0 Å². The standard InChI is InChI=1S/C9H8N2O3/c1-13-7-4-2-3-6(5-7)8-10-11-9(12)14-8/h2-5H,1H3,(H,11,12). The van der Waals surface area contributed by atoms with Crippen molar-refractivity contribution >= 4 is 0 Å². The van der Waals surface area contributed by atoms with Gasteiger partial charge in [-0.25, -0.2) is 9.89 Å². The normalized spacial score (nSPS) is 10.1. The Labute approximate surface area is 79.3 Å². The topological polar surface area (TPSA) is 68.1 Å². The first-order valence-corrected chi connectivity index (χ1v) is 3.99. The Morgan fingerprint density at radius 2 is 2.36 bits per heavy atom. The maximum atomic E-state index is 10.7. The highest BCUT2D eigenvalue weighted by molar-refractivity contribution is 5.55. The van der Waals surface area contributed by atoms with Crippen molar-refractivity contribution < 1.29 is 9.15 Å². The average Bonchev–Trinajstić information content (AvgIpc) is 2.65. The van der Waals surface area contributed by atoms with E-state index in [0.717, 1.165) is 0 Å². The maximum Gasteiger partial charge on any atom is 0.434 e. The summed E-state index contributed by atoms with van der Waals surface area (Å²) in [6.07, 6.45) is 0. The fraction of sp³-hybridized carbons (Fsp3) is 0.111. The first-order chi connectivity index (χ1) is 6.79. The first kappa shape index (κ1) is 8.55. The van der Waals surface area contributed by atoms with Gasteiger partial charge in [-0.15, -0.1) is 5.10 Å². The zero-order chi connectivity index (χ0) is 9.97. The molecular formula is C9H8N2O3. The van der Waals surface area contributed by atoms with E-state index in [-0.39, 0.29) is 5.89 Å². The van der Waals surface area contributed by atoms with E-state index in [1.807, 2.05) is 0 Å². The lowest BCUT2D eigenvalue weighted by Crippen LogP contribution is -1.93. The Kier molecular flexibility index (Phi) is 2.06. The molecule has 0 bridgehead atoms. The van der Waals surface area contributed by atoms with Crippen molar-refractivity contribution in [3.63, 3.8) is 0 Å². The molecule has 0 fully saturated rings. The van der Waals surface area contributed by atoms with Crippen molar-refractivity contribution in [2.24, 2.45) is 0 Å². The second kappa shape index (κ2) is 3.37. The molecule has 0 saturated heterocycles. The van der Waals surface area contributed by atoms with Crippen LogP contribution in [0.25, 0.3) is 11.5 Å². The number of rotatable bonds is 2. The molecule has 0 atom stereocenters. The zero-order valence-corrected chi connectivity index (χ0v) is 7.48. The predicted octanol–water partition coefficient (Wildman–Crippen LogP) is 1.04. The molecule has 0 spiro atoms. The molecule has 2 aromatic rings. The predicted molar refractivity (Wildman–Crippen MR) is 49.1 cm³/mol. The molecule has 0 aliphatic heterocycles. The Hall–Kier alpha value is -2.04. The van der Waals surface area contributed by atoms with Gasteiger partial charge >= 0.3 is 5.76 Å². The van der Waals surface area contributed by atoms with Gasteiger partial charge in [-0.3, -0.25) is 0 Å². The van der Waals surface area contributed by atoms with Crippen LogP contribution in [0.1, 0.15) is 0 Å². The molecule has 0 amide bonds. The highest BCUT2D eigenvalue weighted by Gasteiger charge is 2.05. The Morgan fingerprint density at radius 1 is 1.50 bits per heavy atom. The molecule has 0 aliphatic rings. The van der Waals surface area contributed by atoms with Crippen LogP contribution in [0, 0.1) is 0 Å². The molecule has 1 heterocycles. The Bertz CT molecular complexity index is 487. The summed E-state index contributed by atoms with van der Waals surface area (Å²) in [5, 5.41) is 5.89. The molecule has 5 heteroatoms. The van der Waals surface area contributed by atoms with Crippen LogP contribution in [0.5, 0.6) is 5.75 Å². The molecule has 1 N–H and O–H groups in total. The summed E-state index contributed by atoms with van der Waals surface area (Å²) in [4.78, 5) is 10.7. The summed E-state index contributed by atoms with van der Waals surface area (Å²) in [6, 6.07) is 7.11. The van der Waals surface area contributed by atoms with Gasteiger partial charge in [-0.05, 0) is 18.2 Å². The highest BCUT2D eigenvalue weighted by atomic mass is 16.5. The van der Waals surface area contributed by atoms with E-state index in [1.54, 1.807) is 31.4 Å². The van der Waals surface area contributed by atoms with E-state index in [9.17, 15) is 4.79 Å². The molecule has 2 rings (SSSR count). The molecule has 1 aromatic heterocycles. The second-order valence-electron chi connectivity index (χ2n) is 2.65. The highest BCUT2D eigenvalue weighted by Crippen LogP contribution is 2.20. The summed E-state index contributed by atoms with van der Waals surface area (Å²) in [6.45, 7) is 0. The summed E-state index contributed by atoms with van der Waals surface area (Å²) in [7, 11) is 1.57. The van der Waals surface area contributed by atoms with Crippen molar-refractivity contribution in [3.8, 4) is 17.2 Å². The van der Waals surface area contributed by atoms with Crippen molar-refractivity contribution in [2.45, 2.75) is 0 Å². The first-order valence-electron chi connectivity index (χ1n) is 3.99. The minimum atomic E-state index is -0.567. The molecule has 0 unspecified atom stereocenters. The minimum absolute atomic E-state index is 0.258. The third kappa shape index (κ3) is 1.52. The fourth-order valence-electron chi connectivity index (χ4n) is 1.11. The Balaban J connectivity index is 2.46. The SMILES string of the molecule is COc1cccc(-c2n[nH]c(=O)o2)c1. The molecule has 1 aromatic carbocycles. The number of methoxy groups -OCH3 is 1. The number of aromatic nitrogens is 2. The van der Waals surface area contributed by atoms with E-state index in [1.165, 1.54) is 0 Å². The van der Waals surface area contributed by atoms with Crippen molar-refractivity contribution in [1.29, 1.82) is 0 Å². The fourth-order valence-corrected chi connectivity index (χ4v) is 1.11. The maximum absolute atomic E-state index is 10.7. The number of H-pyrrole nitrogens is 1. The number of nitrogens with one attached hydrogen (secondary N) is 1. The Morgan fingerprint density at radius 3 is 3.00 bits per heavy atom. The van der Waals surface area contributed by atoms with Gasteiger partial charge in [0.1, 0.15) is 5.75 Å². The average molecular weight is 192 g/mol.